The molecule has 0 saturated carbocycles. The summed E-state index contributed by atoms with van der Waals surface area (Å²) in [6.07, 6.45) is 0.695. The Labute approximate surface area is 155 Å². The molecule has 1 heterocycles. The van der Waals surface area contributed by atoms with Gasteiger partial charge in [-0.15, -0.1) is 0 Å². The molecular weight excluding hydrogens is 391 g/mol. The molecule has 4 rings (SSSR count). The molecule has 2 aliphatic rings. The molecular formula is C18H13F5O3S. The Morgan fingerprint density at radius 1 is 1.00 bits per heavy atom. The van der Waals surface area contributed by atoms with Gasteiger partial charge in [0.05, 0.1) is 13.2 Å². The monoisotopic (exact) mass is 404 g/mol. The zero-order valence-corrected chi connectivity index (χ0v) is 14.6. The topological polar surface area (TPSA) is 27.7 Å². The second-order valence-corrected chi connectivity index (χ2v) is 7.23. The Bertz CT molecular complexity index is 858. The summed E-state index contributed by atoms with van der Waals surface area (Å²) >= 11 is -0.249. The minimum atomic E-state index is -4.48. The van der Waals surface area contributed by atoms with Gasteiger partial charge >= 0.3 is 5.51 Å². The fourth-order valence-corrected chi connectivity index (χ4v) is 4.22. The van der Waals surface area contributed by atoms with Crippen LogP contribution in [0.2, 0.25) is 0 Å². The zero-order chi connectivity index (χ0) is 19.2. The van der Waals surface area contributed by atoms with Crippen LogP contribution in [0.1, 0.15) is 17.5 Å². The summed E-state index contributed by atoms with van der Waals surface area (Å²) in [6, 6.07) is 5.33. The highest BCUT2D eigenvalue weighted by Gasteiger charge is 2.48. The van der Waals surface area contributed by atoms with Gasteiger partial charge in [-0.05, 0) is 30.3 Å². The number of rotatable bonds is 3. The summed E-state index contributed by atoms with van der Waals surface area (Å²) in [7, 11) is 0. The molecule has 0 radical (unpaired) electrons. The third-order valence-corrected chi connectivity index (χ3v) is 5.15. The average Bonchev–Trinajstić information content (AvgIpc) is 3.17. The number of hydrogen-bond acceptors (Lipinski definition) is 4. The molecule has 0 bridgehead atoms. The predicted octanol–water partition coefficient (Wildman–Crippen LogP) is 5.51. The molecule has 9 heteroatoms. The van der Waals surface area contributed by atoms with Crippen molar-refractivity contribution in [2.24, 2.45) is 0 Å². The third-order valence-electron chi connectivity index (χ3n) is 4.36. The first-order valence-corrected chi connectivity index (χ1v) is 8.91. The Morgan fingerprint density at radius 2 is 1.67 bits per heavy atom. The maximum absolute atomic E-state index is 13.4. The lowest BCUT2D eigenvalue weighted by Crippen LogP contribution is -2.24. The van der Waals surface area contributed by atoms with Crippen molar-refractivity contribution >= 4 is 11.8 Å². The molecule has 27 heavy (non-hydrogen) atoms. The van der Waals surface area contributed by atoms with Gasteiger partial charge in [-0.1, -0.05) is 0 Å². The van der Waals surface area contributed by atoms with Crippen LogP contribution in [0.15, 0.2) is 35.2 Å². The van der Waals surface area contributed by atoms with E-state index in [2.05, 4.69) is 0 Å². The lowest BCUT2D eigenvalue weighted by atomic mass is 10.1. The maximum Gasteiger partial charge on any atom is 0.446 e. The van der Waals surface area contributed by atoms with Crippen LogP contribution < -0.4 is 4.74 Å². The van der Waals surface area contributed by atoms with E-state index in [-0.39, 0.29) is 46.9 Å². The molecule has 3 nitrogen and oxygen atoms in total. The Balaban J connectivity index is 1.78. The highest BCUT2D eigenvalue weighted by Crippen LogP contribution is 2.53. The molecule has 0 N–H and O–H groups in total. The largest absolute Gasteiger partial charge is 0.457 e. The van der Waals surface area contributed by atoms with E-state index in [0.717, 1.165) is 12.1 Å². The van der Waals surface area contributed by atoms with Gasteiger partial charge in [0.15, 0.2) is 5.79 Å². The predicted molar refractivity (Wildman–Crippen MR) is 86.7 cm³/mol. The number of benzene rings is 2. The first-order valence-electron chi connectivity index (χ1n) is 8.10. The van der Waals surface area contributed by atoms with Crippen LogP contribution in [0.5, 0.6) is 11.5 Å². The quantitative estimate of drug-likeness (QED) is 0.498. The van der Waals surface area contributed by atoms with Crippen LogP contribution in [-0.2, 0) is 21.7 Å². The van der Waals surface area contributed by atoms with Crippen LogP contribution in [0.25, 0.3) is 0 Å². The van der Waals surface area contributed by atoms with Crippen LogP contribution in [-0.4, -0.2) is 18.7 Å². The number of thioether (sulfide) groups is 1. The van der Waals surface area contributed by atoms with Crippen molar-refractivity contribution in [3.8, 4) is 11.5 Å². The summed E-state index contributed by atoms with van der Waals surface area (Å²) in [5.41, 5.74) is -3.72. The van der Waals surface area contributed by atoms with Gasteiger partial charge in [-0.3, -0.25) is 0 Å². The average molecular weight is 404 g/mol. The highest BCUT2D eigenvalue weighted by molar-refractivity contribution is 8.00. The molecule has 1 saturated heterocycles. The van der Waals surface area contributed by atoms with E-state index in [1.54, 1.807) is 0 Å². The van der Waals surface area contributed by atoms with Gasteiger partial charge in [-0.25, -0.2) is 8.78 Å². The summed E-state index contributed by atoms with van der Waals surface area (Å²) in [5, 5.41) is 0. The highest BCUT2D eigenvalue weighted by atomic mass is 32.2. The summed E-state index contributed by atoms with van der Waals surface area (Å²) in [5.74, 6) is -2.73. The molecule has 1 spiro atoms. The molecule has 2 aromatic rings. The SMILES string of the molecule is Fc1cc(F)cc(Oc2ccc(SC(F)(F)F)c3c2CCC32OCCO2)c1. The lowest BCUT2D eigenvalue weighted by molar-refractivity contribution is -0.164. The van der Waals surface area contributed by atoms with Crippen LogP contribution >= 0.6 is 11.8 Å². The Kier molecular flexibility index (Phi) is 4.56. The van der Waals surface area contributed by atoms with E-state index < -0.39 is 22.9 Å². The van der Waals surface area contributed by atoms with E-state index in [1.165, 1.54) is 12.1 Å². The Hall–Kier alpha value is -1.84. The lowest BCUT2D eigenvalue weighted by Gasteiger charge is -2.26. The standard InChI is InChI=1S/C18H13F5O3S/c19-10-7-11(20)9-12(8-10)26-14-1-2-15(27-18(21,22)23)16-13(14)3-4-17(16)24-5-6-25-17/h1-2,7-9H,3-6H2. The van der Waals surface area contributed by atoms with Crippen LogP contribution in [0, 0.1) is 11.6 Å². The van der Waals surface area contributed by atoms with Gasteiger partial charge < -0.3 is 14.2 Å². The van der Waals surface area contributed by atoms with Crippen molar-refractivity contribution < 1.29 is 36.2 Å². The fraction of sp³-hybridized carbons (Fsp3) is 0.333. The molecule has 1 aliphatic carbocycles. The summed E-state index contributed by atoms with van der Waals surface area (Å²) < 4.78 is 82.7. The van der Waals surface area contributed by atoms with Crippen molar-refractivity contribution in [1.82, 2.24) is 0 Å². The molecule has 1 aliphatic heterocycles. The Morgan fingerprint density at radius 3 is 2.30 bits per heavy atom. The van der Waals surface area contributed by atoms with Gasteiger partial charge in [0.25, 0.3) is 0 Å². The molecule has 2 aromatic carbocycles. The minimum absolute atomic E-state index is 0.0327. The van der Waals surface area contributed by atoms with Crippen molar-refractivity contribution in [3.05, 3.63) is 53.1 Å². The van der Waals surface area contributed by atoms with E-state index in [4.69, 9.17) is 14.2 Å². The normalized spacial score (nSPS) is 18.1. The summed E-state index contributed by atoms with van der Waals surface area (Å²) in [4.78, 5) is -0.0327. The zero-order valence-electron chi connectivity index (χ0n) is 13.7. The molecule has 0 unspecified atom stereocenters. The van der Waals surface area contributed by atoms with Crippen molar-refractivity contribution in [2.45, 2.75) is 29.0 Å². The number of fused-ring (bicyclic) bond motifs is 2. The van der Waals surface area contributed by atoms with Gasteiger partial charge in [0.2, 0.25) is 0 Å². The van der Waals surface area contributed by atoms with Crippen LogP contribution in [0.3, 0.4) is 0 Å². The van der Waals surface area contributed by atoms with Crippen molar-refractivity contribution in [1.29, 1.82) is 0 Å². The smallest absolute Gasteiger partial charge is 0.446 e. The molecule has 1 fully saturated rings. The molecule has 144 valence electrons. The van der Waals surface area contributed by atoms with Crippen molar-refractivity contribution in [3.63, 3.8) is 0 Å². The number of alkyl halides is 3. The van der Waals surface area contributed by atoms with E-state index in [1.807, 2.05) is 0 Å². The second-order valence-electron chi connectivity index (χ2n) is 6.12. The van der Waals surface area contributed by atoms with Crippen LogP contribution in [0.4, 0.5) is 22.0 Å². The van der Waals surface area contributed by atoms with Gasteiger partial charge in [0.1, 0.15) is 23.1 Å². The first-order chi connectivity index (χ1) is 12.8. The summed E-state index contributed by atoms with van der Waals surface area (Å²) in [6.45, 7) is 0.547. The van der Waals surface area contributed by atoms with E-state index in [9.17, 15) is 22.0 Å². The molecule has 0 aromatic heterocycles. The number of halogens is 5. The number of hydrogen-bond donors (Lipinski definition) is 0. The van der Waals surface area contributed by atoms with E-state index in [0.29, 0.717) is 24.5 Å². The number of ether oxygens (including phenoxy) is 3. The third kappa shape index (κ3) is 3.63. The first kappa shape index (κ1) is 18.5. The molecule has 0 atom stereocenters. The molecule has 0 amide bonds. The van der Waals surface area contributed by atoms with E-state index >= 15 is 0 Å². The van der Waals surface area contributed by atoms with Gasteiger partial charge in [0, 0.05) is 40.6 Å². The minimum Gasteiger partial charge on any atom is -0.457 e. The second kappa shape index (κ2) is 6.65. The van der Waals surface area contributed by atoms with Crippen molar-refractivity contribution in [2.75, 3.05) is 13.2 Å². The van der Waals surface area contributed by atoms with Gasteiger partial charge in [-0.2, -0.15) is 13.2 Å². The fourth-order valence-electron chi connectivity index (χ4n) is 3.45. The maximum atomic E-state index is 13.4.